The Bertz CT molecular complexity index is 332. The molecule has 0 N–H and O–H groups in total. The van der Waals surface area contributed by atoms with E-state index in [1.54, 1.807) is 0 Å². The molecule has 0 spiro atoms. The fourth-order valence-electron chi connectivity index (χ4n) is 2.08. The number of piperidine rings is 1. The lowest BCUT2D eigenvalue weighted by Gasteiger charge is -2.28. The average Bonchev–Trinajstić information content (AvgIpc) is 2.29. The molecule has 0 atom stereocenters. The van der Waals surface area contributed by atoms with Crippen LogP contribution in [-0.2, 0) is 5.88 Å². The minimum Gasteiger partial charge on any atom is -0.357 e. The zero-order chi connectivity index (χ0) is 10.7. The molecule has 1 aliphatic heterocycles. The van der Waals surface area contributed by atoms with E-state index in [2.05, 4.69) is 22.0 Å². The van der Waals surface area contributed by atoms with Gasteiger partial charge in [-0.05, 0) is 43.9 Å². The molecule has 0 bridgehead atoms. The fourth-order valence-corrected chi connectivity index (χ4v) is 2.24. The summed E-state index contributed by atoms with van der Waals surface area (Å²) in [5.41, 5.74) is 2.23. The number of aromatic nitrogens is 1. The number of hydrogen-bond acceptors (Lipinski definition) is 2. The highest BCUT2D eigenvalue weighted by molar-refractivity contribution is 6.17. The van der Waals surface area contributed by atoms with Crippen LogP contribution in [0.2, 0.25) is 0 Å². The lowest BCUT2D eigenvalue weighted by molar-refractivity contribution is 0.573. The summed E-state index contributed by atoms with van der Waals surface area (Å²) in [5.74, 6) is 1.68. The molecule has 15 heavy (non-hydrogen) atoms. The number of rotatable bonds is 2. The molecule has 82 valence electrons. The van der Waals surface area contributed by atoms with Crippen LogP contribution in [0.15, 0.2) is 12.1 Å². The molecule has 3 heteroatoms. The van der Waals surface area contributed by atoms with Crippen molar-refractivity contribution < 1.29 is 0 Å². The maximum absolute atomic E-state index is 5.86. The third-order valence-corrected chi connectivity index (χ3v) is 3.14. The molecule has 2 nitrogen and oxygen atoms in total. The summed E-state index contributed by atoms with van der Waals surface area (Å²) in [7, 11) is 0. The highest BCUT2D eigenvalue weighted by Crippen LogP contribution is 2.20. The molecule has 0 unspecified atom stereocenters. The Hall–Kier alpha value is -0.760. The van der Waals surface area contributed by atoms with Crippen molar-refractivity contribution in [2.24, 2.45) is 0 Å². The largest absolute Gasteiger partial charge is 0.357 e. The van der Waals surface area contributed by atoms with Crippen molar-refractivity contribution in [2.45, 2.75) is 32.1 Å². The predicted octanol–water partition coefficient (Wildman–Crippen LogP) is 3.12. The van der Waals surface area contributed by atoms with Gasteiger partial charge in [-0.3, -0.25) is 0 Å². The second-order valence-corrected chi connectivity index (χ2v) is 4.42. The molecule has 1 aromatic rings. The van der Waals surface area contributed by atoms with Crippen LogP contribution in [0.1, 0.15) is 30.5 Å². The van der Waals surface area contributed by atoms with Crippen molar-refractivity contribution in [3.63, 3.8) is 0 Å². The van der Waals surface area contributed by atoms with E-state index >= 15 is 0 Å². The van der Waals surface area contributed by atoms with Crippen molar-refractivity contribution in [3.05, 3.63) is 23.4 Å². The highest BCUT2D eigenvalue weighted by Gasteiger charge is 2.12. The van der Waals surface area contributed by atoms with Crippen LogP contribution in [0.25, 0.3) is 0 Å². The van der Waals surface area contributed by atoms with Crippen molar-refractivity contribution in [3.8, 4) is 0 Å². The number of halogens is 1. The lowest BCUT2D eigenvalue weighted by atomic mass is 10.1. The number of nitrogens with zero attached hydrogens (tertiary/aromatic N) is 2. The van der Waals surface area contributed by atoms with Crippen LogP contribution in [-0.4, -0.2) is 18.1 Å². The van der Waals surface area contributed by atoms with Gasteiger partial charge in [0.1, 0.15) is 5.82 Å². The van der Waals surface area contributed by atoms with Crippen LogP contribution in [0.5, 0.6) is 0 Å². The summed E-state index contributed by atoms with van der Waals surface area (Å²) in [4.78, 5) is 6.94. The average molecular weight is 225 g/mol. The molecule has 1 saturated heterocycles. The van der Waals surface area contributed by atoms with E-state index in [9.17, 15) is 0 Å². The minimum absolute atomic E-state index is 0.574. The molecule has 0 aromatic carbocycles. The van der Waals surface area contributed by atoms with Crippen LogP contribution < -0.4 is 4.90 Å². The first-order valence-electron chi connectivity index (χ1n) is 5.58. The topological polar surface area (TPSA) is 16.1 Å². The second-order valence-electron chi connectivity index (χ2n) is 4.16. The fraction of sp³-hybridized carbons (Fsp3) is 0.583. The molecule has 1 fully saturated rings. The van der Waals surface area contributed by atoms with Gasteiger partial charge in [0, 0.05) is 24.7 Å². The minimum atomic E-state index is 0.574. The normalized spacial score (nSPS) is 16.8. The molecule has 1 aliphatic rings. The molecule has 0 radical (unpaired) electrons. The van der Waals surface area contributed by atoms with E-state index in [-0.39, 0.29) is 0 Å². The Morgan fingerprint density at radius 2 is 2.00 bits per heavy atom. The zero-order valence-electron chi connectivity index (χ0n) is 9.17. The van der Waals surface area contributed by atoms with E-state index in [0.29, 0.717) is 5.88 Å². The van der Waals surface area contributed by atoms with E-state index in [4.69, 9.17) is 11.6 Å². The summed E-state index contributed by atoms with van der Waals surface area (Å²) < 4.78 is 0. The Morgan fingerprint density at radius 3 is 2.67 bits per heavy atom. The number of alkyl halides is 1. The molecule has 0 saturated carbocycles. The molecule has 0 aliphatic carbocycles. The maximum Gasteiger partial charge on any atom is 0.129 e. The van der Waals surface area contributed by atoms with E-state index in [1.807, 2.05) is 6.92 Å². The van der Waals surface area contributed by atoms with E-state index in [0.717, 1.165) is 24.6 Å². The van der Waals surface area contributed by atoms with E-state index < -0.39 is 0 Å². The Labute approximate surface area is 96.3 Å². The predicted molar refractivity (Wildman–Crippen MR) is 64.6 cm³/mol. The van der Waals surface area contributed by atoms with Crippen LogP contribution in [0, 0.1) is 6.92 Å². The highest BCUT2D eigenvalue weighted by atomic mass is 35.5. The van der Waals surface area contributed by atoms with Gasteiger partial charge in [0.25, 0.3) is 0 Å². The molecule has 2 heterocycles. The summed E-state index contributed by atoms with van der Waals surface area (Å²) in [6.07, 6.45) is 3.92. The first-order chi connectivity index (χ1) is 7.29. The van der Waals surface area contributed by atoms with Gasteiger partial charge < -0.3 is 4.90 Å². The Balaban J connectivity index is 2.22. The molecular weight excluding hydrogens is 208 g/mol. The summed E-state index contributed by atoms with van der Waals surface area (Å²) >= 11 is 5.86. The SMILES string of the molecule is Cc1cc(CCl)cc(N2CCCCC2)n1. The van der Waals surface area contributed by atoms with Crippen LogP contribution in [0.3, 0.4) is 0 Å². The smallest absolute Gasteiger partial charge is 0.129 e. The molecule has 0 amide bonds. The Morgan fingerprint density at radius 1 is 1.27 bits per heavy atom. The molecule has 1 aromatic heterocycles. The first kappa shape index (κ1) is 10.7. The van der Waals surface area contributed by atoms with Gasteiger partial charge in [-0.15, -0.1) is 11.6 Å². The molecular formula is C12H17ClN2. The summed E-state index contributed by atoms with van der Waals surface area (Å²) in [6.45, 7) is 4.31. The second kappa shape index (κ2) is 4.84. The number of aryl methyl sites for hydroxylation is 1. The van der Waals surface area contributed by atoms with Gasteiger partial charge in [0.2, 0.25) is 0 Å². The van der Waals surface area contributed by atoms with Crippen molar-refractivity contribution in [2.75, 3.05) is 18.0 Å². The van der Waals surface area contributed by atoms with E-state index in [1.165, 1.54) is 24.8 Å². The summed E-state index contributed by atoms with van der Waals surface area (Å²) in [6, 6.07) is 4.17. The monoisotopic (exact) mass is 224 g/mol. The van der Waals surface area contributed by atoms with Gasteiger partial charge in [0.15, 0.2) is 0 Å². The van der Waals surface area contributed by atoms with Crippen molar-refractivity contribution in [1.82, 2.24) is 4.98 Å². The van der Waals surface area contributed by atoms with Gasteiger partial charge >= 0.3 is 0 Å². The maximum atomic E-state index is 5.86. The third-order valence-electron chi connectivity index (χ3n) is 2.83. The van der Waals surface area contributed by atoms with Crippen LogP contribution >= 0.6 is 11.6 Å². The number of pyridine rings is 1. The summed E-state index contributed by atoms with van der Waals surface area (Å²) in [5, 5.41) is 0. The van der Waals surface area contributed by atoms with Crippen molar-refractivity contribution in [1.29, 1.82) is 0 Å². The Kier molecular flexibility index (Phi) is 3.47. The standard InChI is InChI=1S/C12H17ClN2/c1-10-7-11(9-13)8-12(14-10)15-5-3-2-4-6-15/h7-8H,2-6,9H2,1H3. The third kappa shape index (κ3) is 2.63. The first-order valence-corrected chi connectivity index (χ1v) is 6.11. The number of hydrogen-bond donors (Lipinski definition) is 0. The number of anilines is 1. The van der Waals surface area contributed by atoms with Crippen molar-refractivity contribution >= 4 is 17.4 Å². The lowest BCUT2D eigenvalue weighted by Crippen LogP contribution is -2.30. The van der Waals surface area contributed by atoms with Gasteiger partial charge in [-0.1, -0.05) is 0 Å². The van der Waals surface area contributed by atoms with Gasteiger partial charge in [0.05, 0.1) is 0 Å². The van der Waals surface area contributed by atoms with Crippen LogP contribution in [0.4, 0.5) is 5.82 Å². The van der Waals surface area contributed by atoms with Gasteiger partial charge in [-0.2, -0.15) is 0 Å². The quantitative estimate of drug-likeness (QED) is 0.718. The zero-order valence-corrected chi connectivity index (χ0v) is 9.93. The molecule has 2 rings (SSSR count). The van der Waals surface area contributed by atoms with Gasteiger partial charge in [-0.25, -0.2) is 4.98 Å².